The molecular formula is C16H13NO4S. The second-order valence-electron chi connectivity index (χ2n) is 4.20. The number of hydrogen-bond donors (Lipinski definition) is 1. The van der Waals surface area contributed by atoms with E-state index in [4.69, 9.17) is 4.74 Å². The molecule has 2 aromatic rings. The van der Waals surface area contributed by atoms with Crippen LogP contribution in [0.3, 0.4) is 0 Å². The van der Waals surface area contributed by atoms with Gasteiger partial charge in [-0.15, -0.1) is 11.3 Å². The summed E-state index contributed by atoms with van der Waals surface area (Å²) < 4.78 is 4.75. The maximum atomic E-state index is 11.7. The molecule has 0 bridgehead atoms. The lowest BCUT2D eigenvalue weighted by atomic mass is 10.2. The summed E-state index contributed by atoms with van der Waals surface area (Å²) in [6, 6.07) is 12.0. The zero-order chi connectivity index (χ0) is 15.8. The van der Waals surface area contributed by atoms with E-state index in [-0.39, 0.29) is 0 Å². The van der Waals surface area contributed by atoms with Crippen LogP contribution in [0.1, 0.15) is 15.2 Å². The van der Waals surface area contributed by atoms with Crippen molar-refractivity contribution in [2.75, 3.05) is 6.61 Å². The monoisotopic (exact) mass is 315 g/mol. The van der Waals surface area contributed by atoms with Crippen LogP contribution in [0.5, 0.6) is 0 Å². The van der Waals surface area contributed by atoms with E-state index in [2.05, 4.69) is 5.32 Å². The molecule has 1 heterocycles. The van der Waals surface area contributed by atoms with E-state index in [1.807, 2.05) is 17.5 Å². The number of amides is 2. The summed E-state index contributed by atoms with van der Waals surface area (Å²) in [5.74, 6) is -1.85. The number of hydrogen-bond acceptors (Lipinski definition) is 5. The highest BCUT2D eigenvalue weighted by atomic mass is 32.1. The van der Waals surface area contributed by atoms with E-state index >= 15 is 0 Å². The van der Waals surface area contributed by atoms with Gasteiger partial charge in [0.2, 0.25) is 0 Å². The highest BCUT2D eigenvalue weighted by Crippen LogP contribution is 2.10. The maximum absolute atomic E-state index is 11.7. The molecule has 0 aliphatic rings. The summed E-state index contributed by atoms with van der Waals surface area (Å²) in [6.07, 6.45) is 2.83. The summed E-state index contributed by atoms with van der Waals surface area (Å²) in [5, 5.41) is 4.03. The molecule has 1 aromatic heterocycles. The molecule has 2 rings (SSSR count). The topological polar surface area (TPSA) is 72.5 Å². The van der Waals surface area contributed by atoms with Gasteiger partial charge in [0.1, 0.15) is 0 Å². The van der Waals surface area contributed by atoms with Gasteiger partial charge < -0.3 is 4.74 Å². The molecule has 112 valence electrons. The fraction of sp³-hybridized carbons (Fsp3) is 0.0625. The zero-order valence-corrected chi connectivity index (χ0v) is 12.3. The molecule has 6 heteroatoms. The number of rotatable bonds is 5. The maximum Gasteiger partial charge on any atom is 0.331 e. The number of thiophene rings is 1. The Bertz CT molecular complexity index is 677. The molecule has 0 saturated heterocycles. The number of imide groups is 1. The van der Waals surface area contributed by atoms with Gasteiger partial charge in [0, 0.05) is 16.5 Å². The number of carbonyl (C=O) groups is 3. The van der Waals surface area contributed by atoms with E-state index in [9.17, 15) is 14.4 Å². The van der Waals surface area contributed by atoms with Crippen molar-refractivity contribution in [3.05, 3.63) is 64.4 Å². The third-order valence-corrected chi connectivity index (χ3v) is 3.40. The first-order valence-corrected chi connectivity index (χ1v) is 7.30. The number of carbonyl (C=O) groups excluding carboxylic acids is 3. The predicted octanol–water partition coefficient (Wildman–Crippen LogP) is 2.26. The predicted molar refractivity (Wildman–Crippen MR) is 83.2 cm³/mol. The minimum absolute atomic E-state index is 0.361. The lowest BCUT2D eigenvalue weighted by molar-refractivity contribution is -0.143. The zero-order valence-electron chi connectivity index (χ0n) is 11.5. The molecule has 1 N–H and O–H groups in total. The van der Waals surface area contributed by atoms with Crippen molar-refractivity contribution in [1.29, 1.82) is 0 Å². The van der Waals surface area contributed by atoms with Crippen LogP contribution < -0.4 is 5.32 Å². The van der Waals surface area contributed by atoms with Gasteiger partial charge in [0.05, 0.1) is 0 Å². The van der Waals surface area contributed by atoms with Gasteiger partial charge in [-0.25, -0.2) is 4.79 Å². The van der Waals surface area contributed by atoms with Crippen LogP contribution in [-0.2, 0) is 14.3 Å². The van der Waals surface area contributed by atoms with Crippen molar-refractivity contribution in [1.82, 2.24) is 5.32 Å². The summed E-state index contributed by atoms with van der Waals surface area (Å²) in [5.41, 5.74) is 0.361. The molecule has 0 saturated carbocycles. The Balaban J connectivity index is 1.75. The van der Waals surface area contributed by atoms with Crippen LogP contribution in [0, 0.1) is 0 Å². The molecule has 0 aliphatic heterocycles. The molecule has 0 unspecified atom stereocenters. The van der Waals surface area contributed by atoms with Gasteiger partial charge in [-0.1, -0.05) is 24.3 Å². The normalized spacial score (nSPS) is 10.4. The van der Waals surface area contributed by atoms with Crippen LogP contribution in [0.2, 0.25) is 0 Å². The molecule has 0 fully saturated rings. The van der Waals surface area contributed by atoms with Crippen LogP contribution in [0.15, 0.2) is 53.9 Å². The third kappa shape index (κ3) is 4.99. The average Bonchev–Trinajstić information content (AvgIpc) is 3.05. The summed E-state index contributed by atoms with van der Waals surface area (Å²) >= 11 is 1.48. The van der Waals surface area contributed by atoms with Crippen molar-refractivity contribution in [2.45, 2.75) is 0 Å². The van der Waals surface area contributed by atoms with Gasteiger partial charge in [-0.3, -0.25) is 14.9 Å². The lowest BCUT2D eigenvalue weighted by Gasteiger charge is -2.04. The van der Waals surface area contributed by atoms with E-state index in [1.165, 1.54) is 17.4 Å². The van der Waals surface area contributed by atoms with Crippen LogP contribution >= 0.6 is 11.3 Å². The lowest BCUT2D eigenvalue weighted by Crippen LogP contribution is -2.33. The number of nitrogens with one attached hydrogen (secondary N) is 1. The third-order valence-electron chi connectivity index (χ3n) is 2.56. The quantitative estimate of drug-likeness (QED) is 0.678. The molecule has 0 aliphatic carbocycles. The fourth-order valence-corrected chi connectivity index (χ4v) is 2.16. The van der Waals surface area contributed by atoms with Crippen molar-refractivity contribution in [2.24, 2.45) is 0 Å². The number of esters is 1. The van der Waals surface area contributed by atoms with Crippen LogP contribution in [-0.4, -0.2) is 24.4 Å². The second-order valence-corrected chi connectivity index (χ2v) is 5.18. The van der Waals surface area contributed by atoms with Gasteiger partial charge in [-0.2, -0.15) is 0 Å². The molecule has 2 amide bonds. The van der Waals surface area contributed by atoms with Crippen molar-refractivity contribution >= 4 is 35.2 Å². The minimum Gasteiger partial charge on any atom is -0.452 e. The first-order valence-electron chi connectivity index (χ1n) is 6.43. The number of ether oxygens (including phenoxy) is 1. The van der Waals surface area contributed by atoms with Crippen molar-refractivity contribution in [3.63, 3.8) is 0 Å². The van der Waals surface area contributed by atoms with Crippen LogP contribution in [0.4, 0.5) is 0 Å². The van der Waals surface area contributed by atoms with Crippen molar-refractivity contribution in [3.8, 4) is 0 Å². The SMILES string of the molecule is O=C(COC(=O)/C=C/c1cccs1)NC(=O)c1ccccc1. The summed E-state index contributed by atoms with van der Waals surface area (Å²) in [6.45, 7) is -0.508. The Labute approximate surface area is 131 Å². The number of benzene rings is 1. The fourth-order valence-electron chi connectivity index (χ4n) is 1.55. The Morgan fingerprint density at radius 2 is 1.86 bits per heavy atom. The molecule has 0 atom stereocenters. The average molecular weight is 315 g/mol. The van der Waals surface area contributed by atoms with Gasteiger partial charge in [-0.05, 0) is 29.7 Å². The minimum atomic E-state index is -0.674. The molecule has 5 nitrogen and oxygen atoms in total. The molecule has 0 spiro atoms. The van der Waals surface area contributed by atoms with Crippen molar-refractivity contribution < 1.29 is 19.1 Å². The smallest absolute Gasteiger partial charge is 0.331 e. The Morgan fingerprint density at radius 3 is 2.55 bits per heavy atom. The molecular weight excluding hydrogens is 302 g/mol. The van der Waals surface area contributed by atoms with Gasteiger partial charge in [0.15, 0.2) is 6.61 Å². The second kappa shape index (κ2) is 7.90. The summed E-state index contributed by atoms with van der Waals surface area (Å²) in [7, 11) is 0. The molecule has 1 aromatic carbocycles. The first kappa shape index (κ1) is 15.7. The van der Waals surface area contributed by atoms with E-state index in [0.717, 1.165) is 4.88 Å². The Kier molecular flexibility index (Phi) is 5.62. The highest BCUT2D eigenvalue weighted by molar-refractivity contribution is 7.10. The highest BCUT2D eigenvalue weighted by Gasteiger charge is 2.11. The largest absolute Gasteiger partial charge is 0.452 e. The van der Waals surface area contributed by atoms with E-state index in [1.54, 1.807) is 36.4 Å². The molecule has 0 radical (unpaired) electrons. The standard InChI is InChI=1S/C16H13NO4S/c18-14(17-16(20)12-5-2-1-3-6-12)11-21-15(19)9-8-13-7-4-10-22-13/h1-10H,11H2,(H,17,18,20)/b9-8+. The Morgan fingerprint density at radius 1 is 1.09 bits per heavy atom. The van der Waals surface area contributed by atoms with Gasteiger partial charge >= 0.3 is 5.97 Å². The van der Waals surface area contributed by atoms with E-state index < -0.39 is 24.4 Å². The molecule has 22 heavy (non-hydrogen) atoms. The first-order chi connectivity index (χ1) is 10.6. The van der Waals surface area contributed by atoms with Crippen LogP contribution in [0.25, 0.3) is 6.08 Å². The van der Waals surface area contributed by atoms with E-state index in [0.29, 0.717) is 5.56 Å². The Hall–Kier alpha value is -2.73. The summed E-state index contributed by atoms with van der Waals surface area (Å²) in [4.78, 5) is 35.6. The van der Waals surface area contributed by atoms with Gasteiger partial charge in [0.25, 0.3) is 11.8 Å².